The highest BCUT2D eigenvalue weighted by Crippen LogP contribution is 2.39. The van der Waals surface area contributed by atoms with E-state index in [1.54, 1.807) is 43.3 Å². The lowest BCUT2D eigenvalue weighted by Crippen LogP contribution is -2.28. The van der Waals surface area contributed by atoms with E-state index in [4.69, 9.17) is 14.7 Å². The molecule has 0 aliphatic rings. The van der Waals surface area contributed by atoms with Gasteiger partial charge in [-0.1, -0.05) is 31.9 Å². The van der Waals surface area contributed by atoms with E-state index < -0.39 is 24.2 Å². The molecule has 0 unspecified atom stereocenters. The van der Waals surface area contributed by atoms with Crippen molar-refractivity contribution >= 4 is 65.5 Å². The molecular formula is C20H19Br3N2O6. The number of anilines is 1. The molecule has 2 amide bonds. The molecule has 2 rings (SSSR count). The maximum atomic E-state index is 12.6. The predicted molar refractivity (Wildman–Crippen MR) is 125 cm³/mol. The predicted octanol–water partition coefficient (Wildman–Crippen LogP) is 5.44. The molecule has 0 spiro atoms. The van der Waals surface area contributed by atoms with E-state index in [1.807, 2.05) is 0 Å². The number of hydroxylamine groups is 1. The summed E-state index contributed by atoms with van der Waals surface area (Å²) in [5.41, 5.74) is 2.21. The Bertz CT molecular complexity index is 953. The summed E-state index contributed by atoms with van der Waals surface area (Å²) in [6.07, 6.45) is -0.529. The lowest BCUT2D eigenvalue weighted by molar-refractivity contribution is -0.124. The smallest absolute Gasteiger partial charge is 0.412 e. The zero-order valence-electron chi connectivity index (χ0n) is 16.1. The van der Waals surface area contributed by atoms with Crippen LogP contribution >= 0.6 is 47.8 Å². The third-order valence-electron chi connectivity index (χ3n) is 3.89. The first-order valence-corrected chi connectivity index (χ1v) is 11.3. The van der Waals surface area contributed by atoms with Crippen molar-refractivity contribution in [2.75, 3.05) is 11.9 Å². The highest BCUT2D eigenvalue weighted by molar-refractivity contribution is 9.11. The fourth-order valence-electron chi connectivity index (χ4n) is 2.56. The molecular weight excluding hydrogens is 604 g/mol. The summed E-state index contributed by atoms with van der Waals surface area (Å²) in [4.78, 5) is 24.1. The zero-order valence-corrected chi connectivity index (χ0v) is 20.9. The number of hydrogen-bond acceptors (Lipinski definition) is 6. The molecule has 0 aromatic heterocycles. The maximum absolute atomic E-state index is 12.6. The monoisotopic (exact) mass is 620 g/mol. The fraction of sp³-hybridized carbons (Fsp3) is 0.200. The Hall–Kier alpha value is -1.92. The van der Waals surface area contributed by atoms with E-state index in [0.717, 1.165) is 10.5 Å². The van der Waals surface area contributed by atoms with Crippen molar-refractivity contribution in [2.45, 2.75) is 19.1 Å². The minimum Gasteiger partial charge on any atom is -0.506 e. The van der Waals surface area contributed by atoms with Crippen molar-refractivity contribution in [3.63, 3.8) is 0 Å². The number of phenolic OH excluding ortho intramolecular Hbond substituents is 1. The Morgan fingerprint density at radius 1 is 1.13 bits per heavy atom. The van der Waals surface area contributed by atoms with Crippen LogP contribution in [-0.4, -0.2) is 35.0 Å². The van der Waals surface area contributed by atoms with Crippen LogP contribution < -0.4 is 10.8 Å². The van der Waals surface area contributed by atoms with Gasteiger partial charge in [-0.3, -0.25) is 15.3 Å². The number of amides is 2. The molecule has 0 saturated heterocycles. The second-order valence-corrected chi connectivity index (χ2v) is 8.72. The van der Waals surface area contributed by atoms with Crippen LogP contribution in [0, 0.1) is 0 Å². The lowest BCUT2D eigenvalue weighted by Gasteiger charge is -2.26. The molecule has 0 radical (unpaired) electrons. The Labute approximate surface area is 204 Å². The summed E-state index contributed by atoms with van der Waals surface area (Å²) in [5.74, 6) is -0.947. The average molecular weight is 623 g/mol. The highest BCUT2D eigenvalue weighted by atomic mass is 79.9. The van der Waals surface area contributed by atoms with E-state index in [0.29, 0.717) is 14.6 Å². The van der Waals surface area contributed by atoms with Gasteiger partial charge in [0.15, 0.2) is 6.10 Å². The second kappa shape index (κ2) is 12.2. The van der Waals surface area contributed by atoms with Crippen LogP contribution in [-0.2, 0) is 14.3 Å². The molecule has 2 aromatic rings. The molecule has 0 aliphatic heterocycles. The van der Waals surface area contributed by atoms with Crippen molar-refractivity contribution in [3.8, 4) is 5.75 Å². The van der Waals surface area contributed by atoms with E-state index in [2.05, 4.69) is 53.1 Å². The molecule has 0 saturated carbocycles. The van der Waals surface area contributed by atoms with E-state index >= 15 is 0 Å². The first-order valence-electron chi connectivity index (χ1n) is 8.90. The number of nitrogens with one attached hydrogen (secondary N) is 2. The van der Waals surface area contributed by atoms with E-state index in [9.17, 15) is 14.7 Å². The summed E-state index contributed by atoms with van der Waals surface area (Å²) in [6, 6.07) is 10.1. The molecule has 31 heavy (non-hydrogen) atoms. The summed E-state index contributed by atoms with van der Waals surface area (Å²) >= 11 is 9.92. The van der Waals surface area contributed by atoms with Crippen LogP contribution in [0.4, 0.5) is 10.5 Å². The molecule has 0 aliphatic carbocycles. The Balaban J connectivity index is 2.40. The SMILES string of the molecule is CCO[C@@H](/C=C/C(=O)NO)[C@@H](OC(=O)Nc1ccc(Br)cc1)c1cc(Br)cc(Br)c1O. The molecule has 2 aromatic carbocycles. The van der Waals surface area contributed by atoms with Crippen LogP contribution in [0.15, 0.2) is 62.0 Å². The van der Waals surface area contributed by atoms with Crippen LogP contribution in [0.3, 0.4) is 0 Å². The third-order valence-corrected chi connectivity index (χ3v) is 5.48. The van der Waals surface area contributed by atoms with Gasteiger partial charge in [0.25, 0.3) is 5.91 Å². The number of hydrogen-bond donors (Lipinski definition) is 4. The number of carbonyl (C=O) groups is 2. The quantitative estimate of drug-likeness (QED) is 0.177. The number of benzene rings is 2. The summed E-state index contributed by atoms with van der Waals surface area (Å²) < 4.78 is 13.1. The molecule has 166 valence electrons. The number of halogens is 3. The van der Waals surface area contributed by atoms with E-state index in [-0.39, 0.29) is 17.9 Å². The molecule has 0 fully saturated rings. The van der Waals surface area contributed by atoms with Gasteiger partial charge < -0.3 is 14.6 Å². The van der Waals surface area contributed by atoms with Gasteiger partial charge in [-0.05, 0) is 65.3 Å². The first kappa shape index (κ1) is 25.3. The van der Waals surface area contributed by atoms with Crippen molar-refractivity contribution in [1.82, 2.24) is 5.48 Å². The number of rotatable bonds is 8. The van der Waals surface area contributed by atoms with E-state index in [1.165, 1.54) is 11.6 Å². The first-order chi connectivity index (χ1) is 14.7. The second-order valence-electron chi connectivity index (χ2n) is 6.04. The zero-order chi connectivity index (χ0) is 23.0. The van der Waals surface area contributed by atoms with Crippen LogP contribution in [0.2, 0.25) is 0 Å². The fourth-order valence-corrected chi connectivity index (χ4v) is 4.08. The maximum Gasteiger partial charge on any atom is 0.412 e. The average Bonchev–Trinajstić information content (AvgIpc) is 2.73. The number of phenols is 1. The van der Waals surface area contributed by atoms with Crippen LogP contribution in [0.25, 0.3) is 0 Å². The van der Waals surface area contributed by atoms with Gasteiger partial charge in [-0.2, -0.15) is 0 Å². The van der Waals surface area contributed by atoms with Gasteiger partial charge in [0.1, 0.15) is 11.9 Å². The molecule has 11 heteroatoms. The number of aromatic hydroxyl groups is 1. The minimum atomic E-state index is -1.13. The summed E-state index contributed by atoms with van der Waals surface area (Å²) in [7, 11) is 0. The van der Waals surface area contributed by atoms with Gasteiger partial charge >= 0.3 is 6.09 Å². The molecule has 0 bridgehead atoms. The van der Waals surface area contributed by atoms with Crippen molar-refractivity contribution in [3.05, 3.63) is 67.5 Å². The van der Waals surface area contributed by atoms with Crippen molar-refractivity contribution in [1.29, 1.82) is 0 Å². The summed E-state index contributed by atoms with van der Waals surface area (Å²) in [5, 5.41) is 21.9. The van der Waals surface area contributed by atoms with Crippen LogP contribution in [0.5, 0.6) is 5.75 Å². The van der Waals surface area contributed by atoms with Gasteiger partial charge in [-0.25, -0.2) is 10.3 Å². The Kier molecular flexibility index (Phi) is 9.97. The molecule has 4 N–H and O–H groups in total. The number of ether oxygens (including phenoxy) is 2. The van der Waals surface area contributed by atoms with Gasteiger partial charge in [-0.15, -0.1) is 0 Å². The Morgan fingerprint density at radius 3 is 2.42 bits per heavy atom. The normalized spacial score (nSPS) is 12.9. The minimum absolute atomic E-state index is 0.158. The summed E-state index contributed by atoms with van der Waals surface area (Å²) in [6.45, 7) is 1.95. The van der Waals surface area contributed by atoms with Gasteiger partial charge in [0.2, 0.25) is 0 Å². The molecule has 0 heterocycles. The van der Waals surface area contributed by atoms with Crippen molar-refractivity contribution < 1.29 is 29.4 Å². The number of carbonyl (C=O) groups excluding carboxylic acids is 2. The molecule has 2 atom stereocenters. The topological polar surface area (TPSA) is 117 Å². The molecule has 8 nitrogen and oxygen atoms in total. The van der Waals surface area contributed by atoms with Gasteiger partial charge in [0.05, 0.1) is 4.47 Å². The van der Waals surface area contributed by atoms with Gasteiger partial charge in [0, 0.05) is 32.9 Å². The highest BCUT2D eigenvalue weighted by Gasteiger charge is 2.30. The van der Waals surface area contributed by atoms with Crippen LogP contribution in [0.1, 0.15) is 18.6 Å². The largest absolute Gasteiger partial charge is 0.506 e. The van der Waals surface area contributed by atoms with Crippen molar-refractivity contribution in [2.24, 2.45) is 0 Å². The Morgan fingerprint density at radius 2 is 1.81 bits per heavy atom. The third kappa shape index (κ3) is 7.62. The lowest BCUT2D eigenvalue weighted by atomic mass is 10.0. The standard InChI is InChI=1S/C20H19Br3N2O6/c1-2-30-16(7-8-17(26)25-29)19(14-9-12(22)10-15(23)18(14)27)31-20(28)24-13-5-3-11(21)4-6-13/h3-10,16,19,27,29H,2H2,1H3,(H,24,28)(H,25,26)/b8-7+/t16-,19-/m0/s1.